The van der Waals surface area contributed by atoms with Crippen molar-refractivity contribution < 1.29 is 9.90 Å². The molecule has 2 fully saturated rings. The van der Waals surface area contributed by atoms with E-state index < -0.39 is 0 Å². The Morgan fingerprint density at radius 3 is 1.71 bits per heavy atom. The van der Waals surface area contributed by atoms with E-state index in [1.165, 1.54) is 19.8 Å². The molecule has 5 heteroatoms. The summed E-state index contributed by atoms with van der Waals surface area (Å²) in [5.41, 5.74) is -0.314. The van der Waals surface area contributed by atoms with Crippen molar-refractivity contribution in [1.82, 2.24) is 4.90 Å². The van der Waals surface area contributed by atoms with Gasteiger partial charge in [0, 0.05) is 12.1 Å². The van der Waals surface area contributed by atoms with E-state index in [1.807, 2.05) is 4.90 Å². The predicted octanol–water partition coefficient (Wildman–Crippen LogP) is 4.04. The number of amides is 1. The van der Waals surface area contributed by atoms with Gasteiger partial charge in [-0.25, -0.2) is 0 Å². The molecule has 0 heterocycles. The van der Waals surface area contributed by atoms with E-state index in [0.29, 0.717) is 0 Å². The van der Waals surface area contributed by atoms with Crippen LogP contribution in [0.2, 0.25) is 0 Å². The second-order valence-corrected chi connectivity index (χ2v) is 6.32. The van der Waals surface area contributed by atoms with E-state index >= 15 is 0 Å². The summed E-state index contributed by atoms with van der Waals surface area (Å²) in [6.07, 6.45) is 11.0. The van der Waals surface area contributed by atoms with Crippen LogP contribution < -0.4 is 0 Å². The Morgan fingerprint density at radius 1 is 0.952 bits per heavy atom. The zero-order valence-corrected chi connectivity index (χ0v) is 12.9. The van der Waals surface area contributed by atoms with Crippen LogP contribution in [0.5, 0.6) is 0 Å². The fourth-order valence-corrected chi connectivity index (χ4v) is 3.73. The van der Waals surface area contributed by atoms with Crippen molar-refractivity contribution in [2.45, 2.75) is 83.2 Å². The minimum Gasteiger partial charge on any atom is -0.510 e. The highest BCUT2D eigenvalue weighted by molar-refractivity contribution is 5.93. The number of hydrogen-bond donors (Lipinski definition) is 1. The minimum atomic E-state index is -0.371. The molecule has 1 N–H and O–H groups in total. The van der Waals surface area contributed by atoms with Crippen LogP contribution in [0.4, 0.5) is 0 Å². The SMILES string of the molecule is CC(O)=C(N=O)C(=O)N(C1CCCCC1)C1CCCCC1. The zero-order chi connectivity index (χ0) is 15.2. The van der Waals surface area contributed by atoms with Gasteiger partial charge >= 0.3 is 0 Å². The van der Waals surface area contributed by atoms with Crippen LogP contribution in [0.25, 0.3) is 0 Å². The Bertz CT molecular complexity index is 386. The van der Waals surface area contributed by atoms with Crippen molar-refractivity contribution >= 4 is 5.91 Å². The normalized spacial score (nSPS) is 22.5. The third-order valence-electron chi connectivity index (χ3n) is 4.81. The van der Waals surface area contributed by atoms with Crippen LogP contribution in [0, 0.1) is 4.91 Å². The first-order valence-corrected chi connectivity index (χ1v) is 8.21. The van der Waals surface area contributed by atoms with Crippen LogP contribution in [0.3, 0.4) is 0 Å². The Balaban J connectivity index is 2.23. The second-order valence-electron chi connectivity index (χ2n) is 6.32. The molecule has 0 aliphatic heterocycles. The van der Waals surface area contributed by atoms with Crippen LogP contribution in [0.15, 0.2) is 16.6 Å². The molecule has 2 aliphatic rings. The lowest BCUT2D eigenvalue weighted by atomic mass is 9.88. The van der Waals surface area contributed by atoms with E-state index in [2.05, 4.69) is 5.18 Å². The molecule has 118 valence electrons. The molecule has 0 spiro atoms. The van der Waals surface area contributed by atoms with E-state index in [4.69, 9.17) is 0 Å². The number of carbonyl (C=O) groups excluding carboxylic acids is 1. The monoisotopic (exact) mass is 294 g/mol. The fourth-order valence-electron chi connectivity index (χ4n) is 3.73. The second kappa shape index (κ2) is 7.57. The maximum atomic E-state index is 12.7. The smallest absolute Gasteiger partial charge is 0.280 e. The van der Waals surface area contributed by atoms with Gasteiger partial charge in [0.1, 0.15) is 5.76 Å². The maximum Gasteiger partial charge on any atom is 0.280 e. The Kier molecular flexibility index (Phi) is 5.76. The first-order chi connectivity index (χ1) is 10.1. The molecule has 0 atom stereocenters. The summed E-state index contributed by atoms with van der Waals surface area (Å²) in [5.74, 6) is -0.643. The lowest BCUT2D eigenvalue weighted by Gasteiger charge is -2.41. The first kappa shape index (κ1) is 16.0. The number of rotatable bonds is 4. The summed E-state index contributed by atoms with van der Waals surface area (Å²) in [5, 5.41) is 12.4. The van der Waals surface area contributed by atoms with E-state index in [9.17, 15) is 14.8 Å². The van der Waals surface area contributed by atoms with Gasteiger partial charge in [-0.2, -0.15) is 0 Å². The van der Waals surface area contributed by atoms with Crippen LogP contribution >= 0.6 is 0 Å². The Hall–Kier alpha value is -1.39. The van der Waals surface area contributed by atoms with Crippen molar-refractivity contribution in [3.63, 3.8) is 0 Å². The number of hydrogen-bond acceptors (Lipinski definition) is 4. The third kappa shape index (κ3) is 3.83. The van der Waals surface area contributed by atoms with Crippen molar-refractivity contribution in [3.8, 4) is 0 Å². The summed E-state index contributed by atoms with van der Waals surface area (Å²) < 4.78 is 0. The first-order valence-electron chi connectivity index (χ1n) is 8.21. The number of allylic oxidation sites excluding steroid dienone is 1. The molecule has 0 aromatic rings. The summed E-state index contributed by atoms with van der Waals surface area (Å²) in [7, 11) is 0. The Labute approximate surface area is 126 Å². The average Bonchev–Trinajstić information content (AvgIpc) is 2.50. The van der Waals surface area contributed by atoms with Gasteiger partial charge < -0.3 is 10.0 Å². The van der Waals surface area contributed by atoms with Crippen LogP contribution in [0.1, 0.15) is 71.1 Å². The summed E-state index contributed by atoms with van der Waals surface area (Å²) in [4.78, 5) is 25.6. The summed E-state index contributed by atoms with van der Waals surface area (Å²) in [6, 6.07) is 0.399. The van der Waals surface area contributed by atoms with Crippen molar-refractivity contribution in [1.29, 1.82) is 0 Å². The molecule has 0 saturated heterocycles. The number of nitrogens with zero attached hydrogens (tertiary/aromatic N) is 2. The molecule has 2 rings (SSSR count). The van der Waals surface area contributed by atoms with Crippen molar-refractivity contribution in [2.75, 3.05) is 0 Å². The molecular weight excluding hydrogens is 268 g/mol. The van der Waals surface area contributed by atoms with Gasteiger partial charge in [-0.05, 0) is 37.8 Å². The standard InChI is InChI=1S/C16H26N2O3/c1-12(19)15(17-21)16(20)18(13-8-4-2-5-9-13)14-10-6-3-7-11-14/h13-14,19H,2-11H2,1H3. The summed E-state index contributed by atoms with van der Waals surface area (Å²) >= 11 is 0. The Morgan fingerprint density at radius 2 is 1.38 bits per heavy atom. The molecule has 21 heavy (non-hydrogen) atoms. The molecule has 0 bridgehead atoms. The number of carbonyl (C=O) groups is 1. The number of aliphatic hydroxyl groups excluding tert-OH is 1. The zero-order valence-electron chi connectivity index (χ0n) is 12.9. The lowest BCUT2D eigenvalue weighted by molar-refractivity contribution is -0.134. The van der Waals surface area contributed by atoms with Crippen molar-refractivity contribution in [2.24, 2.45) is 5.18 Å². The molecule has 1 amide bonds. The molecule has 2 aliphatic carbocycles. The van der Waals surface area contributed by atoms with Gasteiger partial charge in [-0.15, -0.1) is 4.91 Å². The molecule has 0 unspecified atom stereocenters. The van der Waals surface area contributed by atoms with Gasteiger partial charge in [0.25, 0.3) is 5.91 Å². The average molecular weight is 294 g/mol. The van der Waals surface area contributed by atoms with Crippen LogP contribution in [-0.2, 0) is 4.79 Å². The third-order valence-corrected chi connectivity index (χ3v) is 4.81. The molecule has 0 aromatic heterocycles. The largest absolute Gasteiger partial charge is 0.510 e. The number of nitroso groups, excluding NO2 is 1. The van der Waals surface area contributed by atoms with Gasteiger partial charge in [0.15, 0.2) is 0 Å². The highest BCUT2D eigenvalue weighted by Gasteiger charge is 2.35. The lowest BCUT2D eigenvalue weighted by Crippen LogP contribution is -2.49. The molecule has 0 radical (unpaired) electrons. The van der Waals surface area contributed by atoms with Gasteiger partial charge in [-0.3, -0.25) is 4.79 Å². The molecule has 2 saturated carbocycles. The minimum absolute atomic E-state index is 0.199. The van der Waals surface area contributed by atoms with Gasteiger partial charge in [0.2, 0.25) is 5.70 Å². The van der Waals surface area contributed by atoms with E-state index in [0.717, 1.165) is 51.4 Å². The highest BCUT2D eigenvalue weighted by atomic mass is 16.3. The fraction of sp³-hybridized carbons (Fsp3) is 0.812. The predicted molar refractivity (Wildman–Crippen MR) is 81.7 cm³/mol. The molecule has 0 aromatic carbocycles. The topological polar surface area (TPSA) is 70.0 Å². The van der Waals surface area contributed by atoms with Gasteiger partial charge in [-0.1, -0.05) is 38.5 Å². The van der Waals surface area contributed by atoms with E-state index in [-0.39, 0.29) is 29.4 Å². The van der Waals surface area contributed by atoms with E-state index in [1.54, 1.807) is 0 Å². The van der Waals surface area contributed by atoms with Crippen LogP contribution in [-0.4, -0.2) is 28.0 Å². The maximum absolute atomic E-state index is 12.7. The highest BCUT2D eigenvalue weighted by Crippen LogP contribution is 2.31. The number of aliphatic hydroxyl groups is 1. The molecule has 5 nitrogen and oxygen atoms in total. The summed E-state index contributed by atoms with van der Waals surface area (Å²) in [6.45, 7) is 1.36. The quantitative estimate of drug-likeness (QED) is 0.483. The van der Waals surface area contributed by atoms with Crippen molar-refractivity contribution in [3.05, 3.63) is 16.4 Å². The van der Waals surface area contributed by atoms with Gasteiger partial charge in [0.05, 0.1) is 0 Å². The molecular formula is C16H26N2O3.